The first-order valence-corrected chi connectivity index (χ1v) is 12.1. The third kappa shape index (κ3) is 2.45. The average Bonchev–Trinajstić information content (AvgIpc) is 3.51. The van der Waals surface area contributed by atoms with Crippen LogP contribution in [0.25, 0.3) is 0 Å². The second-order valence-electron chi connectivity index (χ2n) is 9.51. The Balaban J connectivity index is 1.57. The van der Waals surface area contributed by atoms with E-state index in [2.05, 4.69) is 10.2 Å². The summed E-state index contributed by atoms with van der Waals surface area (Å²) in [6.07, 6.45) is 1.61. The summed E-state index contributed by atoms with van der Waals surface area (Å²) in [7, 11) is 1.48. The summed E-state index contributed by atoms with van der Waals surface area (Å²) in [6.45, 7) is 4.31. The minimum Gasteiger partial charge on any atom is -0.495 e. The fraction of sp³-hybridized carbons (Fsp3) is 0.400. The first-order chi connectivity index (χ1) is 16.2. The van der Waals surface area contributed by atoms with E-state index in [1.807, 2.05) is 19.9 Å². The molecule has 9 heteroatoms. The van der Waals surface area contributed by atoms with Gasteiger partial charge in [0, 0.05) is 27.7 Å². The molecule has 0 unspecified atom stereocenters. The maximum Gasteiger partial charge on any atom is 0.250 e. The smallest absolute Gasteiger partial charge is 0.250 e. The van der Waals surface area contributed by atoms with Crippen molar-refractivity contribution in [2.75, 3.05) is 23.9 Å². The number of nitrogens with one attached hydrogen (secondary N) is 1. The Morgan fingerprint density at radius 1 is 1.09 bits per heavy atom. The topological polar surface area (TPSA) is 79.0 Å². The lowest BCUT2D eigenvalue weighted by molar-refractivity contribution is -0.135. The van der Waals surface area contributed by atoms with Crippen molar-refractivity contribution >= 4 is 52.3 Å². The molecule has 3 saturated heterocycles. The van der Waals surface area contributed by atoms with Gasteiger partial charge in [0.05, 0.1) is 30.3 Å². The van der Waals surface area contributed by atoms with Crippen LogP contribution in [0.3, 0.4) is 0 Å². The van der Waals surface area contributed by atoms with E-state index in [4.69, 9.17) is 27.9 Å². The van der Waals surface area contributed by atoms with E-state index in [9.17, 15) is 14.4 Å². The van der Waals surface area contributed by atoms with E-state index in [1.165, 1.54) is 12.0 Å². The van der Waals surface area contributed by atoms with Crippen molar-refractivity contribution in [3.63, 3.8) is 0 Å². The molecular weight excluding hydrogens is 477 g/mol. The zero-order chi connectivity index (χ0) is 24.1. The van der Waals surface area contributed by atoms with Crippen molar-refractivity contribution in [2.45, 2.75) is 38.3 Å². The molecule has 1 N–H and O–H groups in total. The van der Waals surface area contributed by atoms with E-state index in [0.717, 1.165) is 29.5 Å². The van der Waals surface area contributed by atoms with Gasteiger partial charge in [0.15, 0.2) is 0 Å². The fourth-order valence-electron chi connectivity index (χ4n) is 6.61. The number of methoxy groups -OCH3 is 1. The Kier molecular flexibility index (Phi) is 4.63. The predicted molar refractivity (Wildman–Crippen MR) is 128 cm³/mol. The van der Waals surface area contributed by atoms with Gasteiger partial charge >= 0.3 is 0 Å². The molecule has 3 amide bonds. The molecule has 0 bridgehead atoms. The number of carbonyl (C=O) groups excluding carboxylic acids is 3. The van der Waals surface area contributed by atoms with Crippen molar-refractivity contribution < 1.29 is 19.1 Å². The minimum absolute atomic E-state index is 0.196. The molecule has 0 aliphatic carbocycles. The number of carbonyl (C=O) groups is 3. The number of rotatable bonds is 2. The number of ether oxygens (including phenoxy) is 1. The highest BCUT2D eigenvalue weighted by Crippen LogP contribution is 2.61. The summed E-state index contributed by atoms with van der Waals surface area (Å²) in [5, 5.41) is 4.03. The monoisotopic (exact) mass is 499 g/mol. The molecule has 7 nitrogen and oxygen atoms in total. The van der Waals surface area contributed by atoms with Crippen LogP contribution in [-0.2, 0) is 19.9 Å². The molecule has 2 aromatic rings. The Hall–Kier alpha value is -2.61. The van der Waals surface area contributed by atoms with Crippen molar-refractivity contribution in [3.8, 4) is 5.75 Å². The van der Waals surface area contributed by atoms with Crippen molar-refractivity contribution in [3.05, 3.63) is 51.0 Å². The molecule has 0 saturated carbocycles. The van der Waals surface area contributed by atoms with Crippen LogP contribution in [0.5, 0.6) is 5.75 Å². The van der Waals surface area contributed by atoms with Crippen molar-refractivity contribution in [1.29, 1.82) is 0 Å². The van der Waals surface area contributed by atoms with E-state index in [0.29, 0.717) is 33.7 Å². The maximum absolute atomic E-state index is 14.1. The van der Waals surface area contributed by atoms with Gasteiger partial charge in [0.25, 0.3) is 0 Å². The van der Waals surface area contributed by atoms with Gasteiger partial charge in [-0.25, -0.2) is 4.90 Å². The summed E-state index contributed by atoms with van der Waals surface area (Å²) in [5.41, 5.74) is 1.96. The van der Waals surface area contributed by atoms with E-state index in [-0.39, 0.29) is 23.8 Å². The standard InChI is InChI=1S/C25H23Cl2N3O4/c1-11-9-17(18(34-3)10-15(11)27)30-22(31)19-16-5-4-8-29(16)25(20(19)23(30)32)13-6-7-14(26)12(2)21(13)28-24(25)33/h6-7,9-10,16,19-20H,4-5,8H2,1-3H3,(H,28,33)/t16-,19+,20+,25-/m0/s1. The first-order valence-electron chi connectivity index (χ1n) is 11.3. The van der Waals surface area contributed by atoms with Gasteiger partial charge in [-0.05, 0) is 56.5 Å². The molecule has 1 spiro atoms. The largest absolute Gasteiger partial charge is 0.495 e. The number of anilines is 2. The predicted octanol–water partition coefficient (Wildman–Crippen LogP) is 4.05. The molecular formula is C25H23Cl2N3O4. The Morgan fingerprint density at radius 2 is 1.85 bits per heavy atom. The first kappa shape index (κ1) is 21.9. The summed E-state index contributed by atoms with van der Waals surface area (Å²) in [5.74, 6) is -2.07. The number of amides is 3. The Bertz CT molecular complexity index is 1310. The van der Waals surface area contributed by atoms with Crippen LogP contribution >= 0.6 is 23.2 Å². The number of hydrogen-bond acceptors (Lipinski definition) is 5. The summed E-state index contributed by atoms with van der Waals surface area (Å²) < 4.78 is 5.49. The Morgan fingerprint density at radius 3 is 2.59 bits per heavy atom. The van der Waals surface area contributed by atoms with Crippen LogP contribution in [-0.4, -0.2) is 42.3 Å². The third-order valence-corrected chi connectivity index (χ3v) is 8.88. The molecule has 4 heterocycles. The van der Waals surface area contributed by atoms with Gasteiger partial charge in [-0.1, -0.05) is 29.3 Å². The van der Waals surface area contributed by atoms with Gasteiger partial charge in [0.1, 0.15) is 11.3 Å². The van der Waals surface area contributed by atoms with Gasteiger partial charge in [-0.3, -0.25) is 19.3 Å². The molecule has 6 rings (SSSR count). The number of imide groups is 1. The molecule has 34 heavy (non-hydrogen) atoms. The van der Waals surface area contributed by atoms with E-state index >= 15 is 0 Å². The number of hydrogen-bond donors (Lipinski definition) is 1. The molecule has 0 aromatic heterocycles. The van der Waals surface area contributed by atoms with Crippen LogP contribution in [0.1, 0.15) is 29.5 Å². The SMILES string of the molecule is COc1cc(Cl)c(C)cc1N1C(=O)[C@@H]2[C@@H]3CCCN3[C@]3(C(=O)Nc4c3ccc(Cl)c4C)[C@H]2C1=O. The lowest BCUT2D eigenvalue weighted by atomic mass is 9.75. The lowest BCUT2D eigenvalue weighted by Crippen LogP contribution is -2.54. The quantitative estimate of drug-likeness (QED) is 0.630. The summed E-state index contributed by atoms with van der Waals surface area (Å²) in [4.78, 5) is 45.2. The second kappa shape index (κ2) is 7.20. The Labute approximate surface area is 206 Å². The summed E-state index contributed by atoms with van der Waals surface area (Å²) >= 11 is 12.6. The molecule has 0 radical (unpaired) electrons. The van der Waals surface area contributed by atoms with E-state index in [1.54, 1.807) is 18.2 Å². The number of benzene rings is 2. The second-order valence-corrected chi connectivity index (χ2v) is 10.3. The van der Waals surface area contributed by atoms with Gasteiger partial charge in [-0.15, -0.1) is 0 Å². The number of aryl methyl sites for hydroxylation is 1. The lowest BCUT2D eigenvalue weighted by Gasteiger charge is -2.36. The van der Waals surface area contributed by atoms with Crippen LogP contribution < -0.4 is 15.0 Å². The van der Waals surface area contributed by atoms with Crippen molar-refractivity contribution in [2.24, 2.45) is 11.8 Å². The number of halogens is 2. The highest BCUT2D eigenvalue weighted by Gasteiger charge is 2.74. The summed E-state index contributed by atoms with van der Waals surface area (Å²) in [6, 6.07) is 6.71. The molecule has 2 aromatic carbocycles. The fourth-order valence-corrected chi connectivity index (χ4v) is 6.93. The average molecular weight is 500 g/mol. The van der Waals surface area contributed by atoms with Gasteiger partial charge in [-0.2, -0.15) is 0 Å². The van der Waals surface area contributed by atoms with Crippen LogP contribution in [0.2, 0.25) is 10.0 Å². The molecule has 4 aliphatic heterocycles. The molecule has 4 atom stereocenters. The zero-order valence-electron chi connectivity index (χ0n) is 18.9. The van der Waals surface area contributed by atoms with E-state index < -0.39 is 17.4 Å². The maximum atomic E-state index is 14.1. The van der Waals surface area contributed by atoms with Crippen molar-refractivity contribution in [1.82, 2.24) is 4.90 Å². The number of nitrogens with zero attached hydrogens (tertiary/aromatic N) is 2. The normalized spacial score (nSPS) is 29.6. The van der Waals surface area contributed by atoms with Gasteiger partial charge in [0.2, 0.25) is 17.7 Å². The van der Waals surface area contributed by atoms with Gasteiger partial charge < -0.3 is 10.1 Å². The van der Waals surface area contributed by atoms with Crippen LogP contribution in [0, 0.1) is 25.7 Å². The highest BCUT2D eigenvalue weighted by molar-refractivity contribution is 6.33. The molecule has 4 aliphatic rings. The molecule has 3 fully saturated rings. The zero-order valence-corrected chi connectivity index (χ0v) is 20.5. The number of fused-ring (bicyclic) bond motifs is 7. The third-order valence-electron chi connectivity index (χ3n) is 8.06. The minimum atomic E-state index is -1.24. The molecule has 176 valence electrons. The highest BCUT2D eigenvalue weighted by atomic mass is 35.5. The van der Waals surface area contributed by atoms with Crippen LogP contribution in [0.15, 0.2) is 24.3 Å². The van der Waals surface area contributed by atoms with Crippen LogP contribution in [0.4, 0.5) is 11.4 Å².